The summed E-state index contributed by atoms with van der Waals surface area (Å²) >= 11 is 0. The van der Waals surface area contributed by atoms with E-state index in [9.17, 15) is 4.79 Å². The lowest BCUT2D eigenvalue weighted by Gasteiger charge is -2.28. The first-order chi connectivity index (χ1) is 12.6. The molecule has 2 aromatic rings. The van der Waals surface area contributed by atoms with Gasteiger partial charge in [-0.3, -0.25) is 4.79 Å². The van der Waals surface area contributed by atoms with Gasteiger partial charge in [0.05, 0.1) is 5.56 Å². The third kappa shape index (κ3) is 3.16. The van der Waals surface area contributed by atoms with E-state index in [2.05, 4.69) is 29.3 Å². The molecule has 0 aliphatic carbocycles. The third-order valence-corrected chi connectivity index (χ3v) is 5.63. The Morgan fingerprint density at radius 1 is 1.04 bits per heavy atom. The Hall–Kier alpha value is -2.49. The van der Waals surface area contributed by atoms with Crippen molar-refractivity contribution in [3.63, 3.8) is 0 Å². The molecule has 2 aromatic carbocycles. The van der Waals surface area contributed by atoms with Crippen molar-refractivity contribution in [1.82, 2.24) is 0 Å². The smallest absolute Gasteiger partial charge is 0.259 e. The van der Waals surface area contributed by atoms with Crippen molar-refractivity contribution >= 4 is 17.3 Å². The minimum atomic E-state index is -0.117. The van der Waals surface area contributed by atoms with Crippen LogP contribution in [0.1, 0.15) is 54.9 Å². The number of piperidine rings is 1. The Morgan fingerprint density at radius 2 is 1.77 bits per heavy atom. The molecule has 136 valence electrons. The molecule has 26 heavy (non-hydrogen) atoms. The Kier molecular flexibility index (Phi) is 4.58. The molecule has 1 amide bonds. The van der Waals surface area contributed by atoms with Gasteiger partial charge < -0.3 is 15.0 Å². The molecule has 4 rings (SSSR count). The minimum Gasteiger partial charge on any atom is -0.489 e. The Bertz CT molecular complexity index is 794. The van der Waals surface area contributed by atoms with Gasteiger partial charge in [0.2, 0.25) is 0 Å². The van der Waals surface area contributed by atoms with Crippen molar-refractivity contribution < 1.29 is 9.53 Å². The SMILES string of the molecule is C[C@@H]1c2cccc(C(=O)Nc3ccc(N4CCCCC4)cc3)c2O[C@@H]1C. The van der Waals surface area contributed by atoms with Crippen LogP contribution >= 0.6 is 0 Å². The minimum absolute atomic E-state index is 0.0998. The summed E-state index contributed by atoms with van der Waals surface area (Å²) in [6.45, 7) is 6.42. The zero-order valence-electron chi connectivity index (χ0n) is 15.5. The van der Waals surface area contributed by atoms with Gasteiger partial charge in [-0.25, -0.2) is 0 Å². The van der Waals surface area contributed by atoms with Crippen LogP contribution in [0, 0.1) is 0 Å². The third-order valence-electron chi connectivity index (χ3n) is 5.63. The maximum absolute atomic E-state index is 12.8. The van der Waals surface area contributed by atoms with Crippen LogP contribution in [0.4, 0.5) is 11.4 Å². The highest BCUT2D eigenvalue weighted by molar-refractivity contribution is 6.06. The van der Waals surface area contributed by atoms with Crippen molar-refractivity contribution in [2.75, 3.05) is 23.3 Å². The van der Waals surface area contributed by atoms with E-state index >= 15 is 0 Å². The fraction of sp³-hybridized carbons (Fsp3) is 0.409. The molecule has 0 spiro atoms. The molecule has 0 unspecified atom stereocenters. The summed E-state index contributed by atoms with van der Waals surface area (Å²) in [7, 11) is 0. The monoisotopic (exact) mass is 350 g/mol. The number of hydrogen-bond donors (Lipinski definition) is 1. The largest absolute Gasteiger partial charge is 0.489 e. The van der Waals surface area contributed by atoms with Gasteiger partial charge in [-0.15, -0.1) is 0 Å². The first-order valence-corrected chi connectivity index (χ1v) is 9.59. The number of nitrogens with one attached hydrogen (secondary N) is 1. The molecule has 1 N–H and O–H groups in total. The number of carbonyl (C=O) groups excluding carboxylic acids is 1. The number of ether oxygens (including phenoxy) is 1. The summed E-state index contributed by atoms with van der Waals surface area (Å²) in [6.07, 6.45) is 3.94. The molecule has 1 saturated heterocycles. The van der Waals surface area contributed by atoms with E-state index in [0.29, 0.717) is 11.5 Å². The van der Waals surface area contributed by atoms with Crippen LogP contribution in [-0.4, -0.2) is 25.1 Å². The number of amides is 1. The maximum atomic E-state index is 12.8. The van der Waals surface area contributed by atoms with E-state index < -0.39 is 0 Å². The average Bonchev–Trinajstić information content (AvgIpc) is 2.97. The summed E-state index contributed by atoms with van der Waals surface area (Å²) in [4.78, 5) is 15.2. The molecule has 2 aliphatic heterocycles. The van der Waals surface area contributed by atoms with Gasteiger partial charge in [-0.1, -0.05) is 19.1 Å². The quantitative estimate of drug-likeness (QED) is 0.863. The summed E-state index contributed by atoms with van der Waals surface area (Å²) in [5.41, 5.74) is 3.77. The predicted molar refractivity (Wildman–Crippen MR) is 105 cm³/mol. The topological polar surface area (TPSA) is 41.6 Å². The number of para-hydroxylation sites is 1. The van der Waals surface area contributed by atoms with Crippen LogP contribution in [0.2, 0.25) is 0 Å². The van der Waals surface area contributed by atoms with Gasteiger partial charge in [-0.05, 0) is 56.5 Å². The highest BCUT2D eigenvalue weighted by atomic mass is 16.5. The maximum Gasteiger partial charge on any atom is 0.259 e. The number of anilines is 2. The first-order valence-electron chi connectivity index (χ1n) is 9.59. The van der Waals surface area contributed by atoms with Gasteiger partial charge in [0.1, 0.15) is 11.9 Å². The van der Waals surface area contributed by atoms with Crippen molar-refractivity contribution in [1.29, 1.82) is 0 Å². The van der Waals surface area contributed by atoms with E-state index in [1.807, 2.05) is 37.3 Å². The van der Waals surface area contributed by atoms with Crippen molar-refractivity contribution in [2.45, 2.75) is 45.1 Å². The number of carbonyl (C=O) groups is 1. The highest BCUT2D eigenvalue weighted by Gasteiger charge is 2.31. The van der Waals surface area contributed by atoms with E-state index in [-0.39, 0.29) is 12.0 Å². The van der Waals surface area contributed by atoms with Gasteiger partial charge in [0, 0.05) is 35.9 Å². The molecule has 0 radical (unpaired) electrons. The van der Waals surface area contributed by atoms with E-state index in [1.165, 1.54) is 24.9 Å². The summed E-state index contributed by atoms with van der Waals surface area (Å²) in [5.74, 6) is 0.922. The number of rotatable bonds is 3. The number of fused-ring (bicyclic) bond motifs is 1. The molecule has 2 atom stereocenters. The fourth-order valence-electron chi connectivity index (χ4n) is 3.87. The van der Waals surface area contributed by atoms with Crippen LogP contribution in [0.3, 0.4) is 0 Å². The van der Waals surface area contributed by atoms with Crippen molar-refractivity contribution in [2.24, 2.45) is 0 Å². The van der Waals surface area contributed by atoms with Crippen molar-refractivity contribution in [3.8, 4) is 5.75 Å². The molecule has 1 fully saturated rings. The predicted octanol–water partition coefficient (Wildman–Crippen LogP) is 4.81. The zero-order valence-corrected chi connectivity index (χ0v) is 15.5. The number of nitrogens with zero attached hydrogens (tertiary/aromatic N) is 1. The Morgan fingerprint density at radius 3 is 2.50 bits per heavy atom. The van der Waals surface area contributed by atoms with Crippen LogP contribution in [0.25, 0.3) is 0 Å². The van der Waals surface area contributed by atoms with Crippen LogP contribution in [-0.2, 0) is 0 Å². The van der Waals surface area contributed by atoms with Gasteiger partial charge in [0.25, 0.3) is 5.91 Å². The number of hydrogen-bond acceptors (Lipinski definition) is 3. The molecule has 4 nitrogen and oxygen atoms in total. The van der Waals surface area contributed by atoms with Gasteiger partial charge >= 0.3 is 0 Å². The normalized spacial score (nSPS) is 21.8. The number of benzene rings is 2. The molecule has 0 saturated carbocycles. The summed E-state index contributed by atoms with van der Waals surface area (Å²) < 4.78 is 5.94. The fourth-order valence-corrected chi connectivity index (χ4v) is 3.87. The van der Waals surface area contributed by atoms with Crippen LogP contribution in [0.15, 0.2) is 42.5 Å². The summed E-state index contributed by atoms with van der Waals surface area (Å²) in [5, 5.41) is 3.01. The standard InChI is InChI=1S/C22H26N2O2/c1-15-16(2)26-21-19(15)7-6-8-20(21)22(25)23-17-9-11-18(12-10-17)24-13-4-3-5-14-24/h6-12,15-16H,3-5,13-14H2,1-2H3,(H,23,25)/t15-,16+/m0/s1. The first kappa shape index (κ1) is 17.0. The van der Waals surface area contributed by atoms with Gasteiger partial charge in [-0.2, -0.15) is 0 Å². The van der Waals surface area contributed by atoms with E-state index in [0.717, 1.165) is 30.1 Å². The lowest BCUT2D eigenvalue weighted by molar-refractivity contribution is 0.102. The second-order valence-electron chi connectivity index (χ2n) is 7.38. The molecule has 4 heteroatoms. The molecular formula is C22H26N2O2. The van der Waals surface area contributed by atoms with E-state index in [4.69, 9.17) is 4.74 Å². The summed E-state index contributed by atoms with van der Waals surface area (Å²) in [6, 6.07) is 14.0. The molecular weight excluding hydrogens is 324 g/mol. The molecule has 2 aliphatic rings. The average molecular weight is 350 g/mol. The van der Waals surface area contributed by atoms with E-state index in [1.54, 1.807) is 0 Å². The second kappa shape index (κ2) is 7.02. The molecule has 0 aromatic heterocycles. The molecule has 2 heterocycles. The lowest BCUT2D eigenvalue weighted by Crippen LogP contribution is -2.29. The zero-order chi connectivity index (χ0) is 18.1. The Balaban J connectivity index is 1.49. The lowest BCUT2D eigenvalue weighted by atomic mass is 9.97. The highest BCUT2D eigenvalue weighted by Crippen LogP contribution is 2.40. The second-order valence-corrected chi connectivity index (χ2v) is 7.38. The van der Waals surface area contributed by atoms with Crippen LogP contribution in [0.5, 0.6) is 5.75 Å². The van der Waals surface area contributed by atoms with Gasteiger partial charge in [0.15, 0.2) is 0 Å². The van der Waals surface area contributed by atoms with Crippen LogP contribution < -0.4 is 15.0 Å². The van der Waals surface area contributed by atoms with Crippen molar-refractivity contribution in [3.05, 3.63) is 53.6 Å². The molecule has 0 bridgehead atoms. The Labute approximate surface area is 155 Å².